The van der Waals surface area contributed by atoms with Gasteiger partial charge in [-0.1, -0.05) is 0 Å². The van der Waals surface area contributed by atoms with E-state index in [2.05, 4.69) is 15.7 Å². The van der Waals surface area contributed by atoms with Gasteiger partial charge in [-0.3, -0.25) is 9.48 Å². The minimum atomic E-state index is 0. The van der Waals surface area contributed by atoms with Crippen LogP contribution < -0.4 is 10.6 Å². The molecule has 7 heteroatoms. The maximum atomic E-state index is 11.9. The standard InChI is InChI=1S/C13H22N4O2.ClH/c1-9-10(6-15-17(9)2)4-5-13(18)16-11-7-14-8-12(11)19-3;/h6,11-12,14H,4-5,7-8H2,1-3H3,(H,16,18);1H. The average Bonchev–Trinajstić information content (AvgIpc) is 2.96. The SMILES string of the molecule is COC1CNCC1NC(=O)CCc1cnn(C)c1C.Cl. The lowest BCUT2D eigenvalue weighted by atomic mass is 10.1. The van der Waals surface area contributed by atoms with Gasteiger partial charge in [-0.05, 0) is 18.9 Å². The third-order valence-electron chi connectivity index (χ3n) is 3.77. The van der Waals surface area contributed by atoms with E-state index in [-0.39, 0.29) is 30.5 Å². The molecule has 1 aromatic rings. The molecule has 6 nitrogen and oxygen atoms in total. The highest BCUT2D eigenvalue weighted by atomic mass is 35.5. The molecule has 0 radical (unpaired) electrons. The summed E-state index contributed by atoms with van der Waals surface area (Å²) in [6.45, 7) is 3.58. The molecule has 2 rings (SSSR count). The zero-order valence-electron chi connectivity index (χ0n) is 12.2. The number of halogens is 1. The van der Waals surface area contributed by atoms with Crippen LogP contribution in [0.3, 0.4) is 0 Å². The summed E-state index contributed by atoms with van der Waals surface area (Å²) in [7, 11) is 3.59. The average molecular weight is 303 g/mol. The van der Waals surface area contributed by atoms with Crippen LogP contribution in [0, 0.1) is 6.92 Å². The van der Waals surface area contributed by atoms with Crippen molar-refractivity contribution in [1.29, 1.82) is 0 Å². The number of aryl methyl sites for hydroxylation is 2. The Morgan fingerprint density at radius 1 is 1.60 bits per heavy atom. The van der Waals surface area contributed by atoms with Gasteiger partial charge < -0.3 is 15.4 Å². The summed E-state index contributed by atoms with van der Waals surface area (Å²) >= 11 is 0. The van der Waals surface area contributed by atoms with Gasteiger partial charge in [-0.2, -0.15) is 5.10 Å². The molecule has 0 aromatic carbocycles. The molecule has 0 saturated carbocycles. The second-order valence-corrected chi connectivity index (χ2v) is 4.99. The summed E-state index contributed by atoms with van der Waals surface area (Å²) in [6, 6.07) is 0.0764. The van der Waals surface area contributed by atoms with Gasteiger partial charge in [-0.25, -0.2) is 0 Å². The Hall–Kier alpha value is -1.11. The van der Waals surface area contributed by atoms with Crippen molar-refractivity contribution in [2.24, 2.45) is 7.05 Å². The normalized spacial score (nSPS) is 21.6. The molecule has 0 aliphatic carbocycles. The van der Waals surface area contributed by atoms with Crippen molar-refractivity contribution >= 4 is 18.3 Å². The second kappa shape index (κ2) is 7.61. The van der Waals surface area contributed by atoms with E-state index in [1.165, 1.54) is 0 Å². The highest BCUT2D eigenvalue weighted by Gasteiger charge is 2.27. The number of nitrogens with zero attached hydrogens (tertiary/aromatic N) is 2. The number of rotatable bonds is 5. The first-order chi connectivity index (χ1) is 9.11. The summed E-state index contributed by atoms with van der Waals surface area (Å²) in [5.41, 5.74) is 2.25. The zero-order chi connectivity index (χ0) is 13.8. The molecule has 1 aromatic heterocycles. The fourth-order valence-corrected chi connectivity index (χ4v) is 2.36. The zero-order valence-corrected chi connectivity index (χ0v) is 13.0. The Morgan fingerprint density at radius 2 is 2.35 bits per heavy atom. The van der Waals surface area contributed by atoms with Crippen LogP contribution in [0.2, 0.25) is 0 Å². The number of hydrogen-bond donors (Lipinski definition) is 2. The molecule has 2 unspecified atom stereocenters. The lowest BCUT2D eigenvalue weighted by molar-refractivity contribution is -0.122. The van der Waals surface area contributed by atoms with E-state index < -0.39 is 0 Å². The van der Waals surface area contributed by atoms with Crippen molar-refractivity contribution in [3.63, 3.8) is 0 Å². The van der Waals surface area contributed by atoms with Gasteiger partial charge in [0.25, 0.3) is 0 Å². The molecule has 2 N–H and O–H groups in total. The van der Waals surface area contributed by atoms with Gasteiger partial charge >= 0.3 is 0 Å². The van der Waals surface area contributed by atoms with Gasteiger partial charge in [0.05, 0.1) is 18.3 Å². The Labute approximate surface area is 125 Å². The number of carbonyl (C=O) groups is 1. The van der Waals surface area contributed by atoms with Crippen molar-refractivity contribution in [3.8, 4) is 0 Å². The van der Waals surface area contributed by atoms with Gasteiger partial charge in [0.1, 0.15) is 0 Å². The van der Waals surface area contributed by atoms with E-state index >= 15 is 0 Å². The van der Waals surface area contributed by atoms with Crippen LogP contribution in [-0.2, 0) is 23.0 Å². The van der Waals surface area contributed by atoms with Crippen LogP contribution in [0.25, 0.3) is 0 Å². The van der Waals surface area contributed by atoms with Gasteiger partial charge in [0.2, 0.25) is 5.91 Å². The molecule has 0 spiro atoms. The molecule has 1 aliphatic heterocycles. The number of amides is 1. The highest BCUT2D eigenvalue weighted by molar-refractivity contribution is 5.85. The predicted octanol–water partition coefficient (Wildman–Crippen LogP) is 0.186. The van der Waals surface area contributed by atoms with Gasteiger partial charge in [-0.15, -0.1) is 12.4 Å². The summed E-state index contributed by atoms with van der Waals surface area (Å²) < 4.78 is 7.15. The van der Waals surface area contributed by atoms with E-state index in [1.54, 1.807) is 7.11 Å². The Balaban J connectivity index is 0.00000200. The Morgan fingerprint density at radius 3 is 2.95 bits per heavy atom. The van der Waals surface area contributed by atoms with Crippen molar-refractivity contribution in [2.75, 3.05) is 20.2 Å². The topological polar surface area (TPSA) is 68.2 Å². The van der Waals surface area contributed by atoms with Crippen LogP contribution in [0.4, 0.5) is 0 Å². The molecular formula is C13H23ClN4O2. The number of carbonyl (C=O) groups excluding carboxylic acids is 1. The highest BCUT2D eigenvalue weighted by Crippen LogP contribution is 2.09. The van der Waals surface area contributed by atoms with Gasteiger partial charge in [0, 0.05) is 39.4 Å². The first-order valence-electron chi connectivity index (χ1n) is 6.62. The van der Waals surface area contributed by atoms with E-state index in [4.69, 9.17) is 4.74 Å². The summed E-state index contributed by atoms with van der Waals surface area (Å²) in [5.74, 6) is 0.0685. The van der Waals surface area contributed by atoms with Crippen LogP contribution in [0.1, 0.15) is 17.7 Å². The smallest absolute Gasteiger partial charge is 0.220 e. The van der Waals surface area contributed by atoms with E-state index in [9.17, 15) is 4.79 Å². The van der Waals surface area contributed by atoms with Crippen LogP contribution >= 0.6 is 12.4 Å². The number of ether oxygens (including phenoxy) is 1. The van der Waals surface area contributed by atoms with E-state index in [0.717, 1.165) is 30.8 Å². The predicted molar refractivity (Wildman–Crippen MR) is 79.1 cm³/mol. The quantitative estimate of drug-likeness (QED) is 0.814. The molecule has 1 amide bonds. The molecule has 1 saturated heterocycles. The van der Waals surface area contributed by atoms with Crippen LogP contribution in [0.15, 0.2) is 6.20 Å². The maximum Gasteiger partial charge on any atom is 0.220 e. The first-order valence-corrected chi connectivity index (χ1v) is 6.62. The molecule has 20 heavy (non-hydrogen) atoms. The minimum absolute atomic E-state index is 0. The van der Waals surface area contributed by atoms with Crippen molar-refractivity contribution < 1.29 is 9.53 Å². The molecule has 2 atom stereocenters. The third-order valence-corrected chi connectivity index (χ3v) is 3.77. The fourth-order valence-electron chi connectivity index (χ4n) is 2.36. The molecule has 0 bridgehead atoms. The molecular weight excluding hydrogens is 280 g/mol. The molecule has 2 heterocycles. The van der Waals surface area contributed by atoms with E-state index in [1.807, 2.05) is 24.9 Å². The first kappa shape index (κ1) is 16.9. The lowest BCUT2D eigenvalue weighted by Crippen LogP contribution is -2.43. The van der Waals surface area contributed by atoms with Crippen LogP contribution in [0.5, 0.6) is 0 Å². The van der Waals surface area contributed by atoms with Crippen molar-refractivity contribution in [1.82, 2.24) is 20.4 Å². The monoisotopic (exact) mass is 302 g/mol. The van der Waals surface area contributed by atoms with Crippen molar-refractivity contribution in [2.45, 2.75) is 31.9 Å². The Kier molecular flexibility index (Phi) is 6.45. The molecule has 1 fully saturated rings. The second-order valence-electron chi connectivity index (χ2n) is 4.99. The minimum Gasteiger partial charge on any atom is -0.378 e. The van der Waals surface area contributed by atoms with Crippen LogP contribution in [-0.4, -0.2) is 48.0 Å². The number of methoxy groups -OCH3 is 1. The van der Waals surface area contributed by atoms with E-state index in [0.29, 0.717) is 6.42 Å². The number of hydrogen-bond acceptors (Lipinski definition) is 4. The summed E-state index contributed by atoms with van der Waals surface area (Å²) in [5, 5.41) is 10.4. The largest absolute Gasteiger partial charge is 0.378 e. The summed E-state index contributed by atoms with van der Waals surface area (Å²) in [4.78, 5) is 11.9. The summed E-state index contributed by atoms with van der Waals surface area (Å²) in [6.07, 6.45) is 3.12. The lowest BCUT2D eigenvalue weighted by Gasteiger charge is -2.18. The maximum absolute atomic E-state index is 11.9. The molecule has 1 aliphatic rings. The Bertz CT molecular complexity index is 450. The molecule has 114 valence electrons. The third kappa shape index (κ3) is 3.94. The van der Waals surface area contributed by atoms with Crippen molar-refractivity contribution in [3.05, 3.63) is 17.5 Å². The number of nitrogens with one attached hydrogen (secondary N) is 2. The fraction of sp³-hybridized carbons (Fsp3) is 0.692. The van der Waals surface area contributed by atoms with Gasteiger partial charge in [0.15, 0.2) is 0 Å². The number of aromatic nitrogens is 2.